The normalized spacial score (nSPS) is 41.9. The molecule has 3 aliphatic rings. The van der Waals surface area contributed by atoms with Gasteiger partial charge in [-0.15, -0.1) is 12.4 Å². The molecule has 2 bridgehead atoms. The molecule has 4 heteroatoms. The van der Waals surface area contributed by atoms with Gasteiger partial charge in [0.05, 0.1) is 0 Å². The summed E-state index contributed by atoms with van der Waals surface area (Å²) in [5.74, 6) is 3.03. The van der Waals surface area contributed by atoms with E-state index in [4.69, 9.17) is 5.73 Å². The van der Waals surface area contributed by atoms with Gasteiger partial charge in [-0.3, -0.25) is 4.79 Å². The fourth-order valence-corrected chi connectivity index (χ4v) is 4.61. The average Bonchev–Trinajstić information content (AvgIpc) is 3.03. The van der Waals surface area contributed by atoms with Crippen LogP contribution in [0.4, 0.5) is 0 Å². The molecule has 0 aromatic heterocycles. The molecule has 3 saturated carbocycles. The maximum Gasteiger partial charge on any atom is 0.223 e. The van der Waals surface area contributed by atoms with E-state index in [1.807, 2.05) is 0 Å². The summed E-state index contributed by atoms with van der Waals surface area (Å²) in [7, 11) is 0. The molecule has 0 aliphatic heterocycles. The molecule has 3 N–H and O–H groups in total. The Morgan fingerprint density at radius 3 is 2.47 bits per heavy atom. The van der Waals surface area contributed by atoms with Gasteiger partial charge in [0.1, 0.15) is 0 Å². The summed E-state index contributed by atoms with van der Waals surface area (Å²) in [6.07, 6.45) is 8.46. The first kappa shape index (κ1) is 15.1. The minimum Gasteiger partial charge on any atom is -0.353 e. The molecule has 0 radical (unpaired) electrons. The molecule has 0 aromatic carbocycles. The highest BCUT2D eigenvalue weighted by Crippen LogP contribution is 2.49. The minimum absolute atomic E-state index is 0. The zero-order valence-electron chi connectivity index (χ0n) is 11.8. The van der Waals surface area contributed by atoms with Crippen LogP contribution in [0.3, 0.4) is 0 Å². The van der Waals surface area contributed by atoms with Gasteiger partial charge in [-0.05, 0) is 63.2 Å². The van der Waals surface area contributed by atoms with Gasteiger partial charge in [-0.2, -0.15) is 0 Å². The Labute approximate surface area is 122 Å². The smallest absolute Gasteiger partial charge is 0.223 e. The van der Waals surface area contributed by atoms with Crippen LogP contribution in [0.2, 0.25) is 0 Å². The molecular weight excluding hydrogens is 260 g/mol. The maximum absolute atomic E-state index is 12.2. The largest absolute Gasteiger partial charge is 0.353 e. The van der Waals surface area contributed by atoms with Crippen molar-refractivity contribution in [2.45, 2.75) is 64.0 Å². The van der Waals surface area contributed by atoms with Crippen molar-refractivity contribution >= 4 is 18.3 Å². The van der Waals surface area contributed by atoms with Crippen LogP contribution >= 0.6 is 12.4 Å². The quantitative estimate of drug-likeness (QED) is 0.837. The molecule has 0 heterocycles. The van der Waals surface area contributed by atoms with Crippen LogP contribution < -0.4 is 11.1 Å². The van der Waals surface area contributed by atoms with Crippen molar-refractivity contribution in [2.24, 2.45) is 29.4 Å². The van der Waals surface area contributed by atoms with Crippen molar-refractivity contribution in [1.82, 2.24) is 5.32 Å². The lowest BCUT2D eigenvalue weighted by atomic mass is 9.84. The Balaban J connectivity index is 0.00000133. The van der Waals surface area contributed by atoms with E-state index in [0.717, 1.165) is 37.0 Å². The van der Waals surface area contributed by atoms with E-state index in [2.05, 4.69) is 12.2 Å². The first-order valence-corrected chi connectivity index (χ1v) is 7.69. The molecule has 3 nitrogen and oxygen atoms in total. The first-order valence-electron chi connectivity index (χ1n) is 7.69. The molecule has 110 valence electrons. The number of amides is 1. The van der Waals surface area contributed by atoms with E-state index in [1.165, 1.54) is 25.7 Å². The van der Waals surface area contributed by atoms with Gasteiger partial charge in [0, 0.05) is 18.0 Å². The number of carbonyl (C=O) groups is 1. The van der Waals surface area contributed by atoms with Crippen molar-refractivity contribution in [2.75, 3.05) is 0 Å². The number of nitrogens with one attached hydrogen (secondary N) is 1. The first-order chi connectivity index (χ1) is 8.63. The van der Waals surface area contributed by atoms with Gasteiger partial charge in [0.15, 0.2) is 0 Å². The minimum atomic E-state index is 0. The average molecular weight is 287 g/mol. The number of nitrogens with two attached hydrogens (primary N) is 1. The predicted molar refractivity (Wildman–Crippen MR) is 79.1 cm³/mol. The van der Waals surface area contributed by atoms with E-state index in [9.17, 15) is 4.79 Å². The zero-order chi connectivity index (χ0) is 12.7. The number of rotatable bonds is 3. The maximum atomic E-state index is 12.2. The summed E-state index contributed by atoms with van der Waals surface area (Å²) in [5.41, 5.74) is 5.89. The highest BCUT2D eigenvalue weighted by molar-refractivity contribution is 5.85. The molecule has 19 heavy (non-hydrogen) atoms. The second kappa shape index (κ2) is 6.01. The lowest BCUT2D eigenvalue weighted by molar-refractivity contribution is -0.125. The fourth-order valence-electron chi connectivity index (χ4n) is 4.61. The van der Waals surface area contributed by atoms with Gasteiger partial charge in [0.25, 0.3) is 0 Å². The summed E-state index contributed by atoms with van der Waals surface area (Å²) in [4.78, 5) is 12.2. The Kier molecular flexibility index (Phi) is 4.78. The predicted octanol–water partition coefficient (Wildman–Crippen LogP) is 2.48. The second-order valence-corrected chi connectivity index (χ2v) is 6.91. The molecule has 0 spiro atoms. The Morgan fingerprint density at radius 1 is 1.16 bits per heavy atom. The van der Waals surface area contributed by atoms with Crippen molar-refractivity contribution in [3.8, 4) is 0 Å². The standard InChI is InChI=1S/C15H26N2O.ClH/c1-9(14-7-10-2-3-11(14)6-10)17-15(18)12-4-5-13(16)8-12;/h9-14H,2-8,16H2,1H3,(H,17,18);1H. The number of fused-ring (bicyclic) bond motifs is 2. The number of carbonyl (C=O) groups excluding carboxylic acids is 1. The van der Waals surface area contributed by atoms with Crippen LogP contribution in [0.25, 0.3) is 0 Å². The Hall–Kier alpha value is -0.280. The monoisotopic (exact) mass is 286 g/mol. The molecule has 3 aliphatic carbocycles. The van der Waals surface area contributed by atoms with Crippen LogP contribution in [-0.4, -0.2) is 18.0 Å². The second-order valence-electron chi connectivity index (χ2n) is 6.91. The third-order valence-electron chi connectivity index (χ3n) is 5.65. The summed E-state index contributed by atoms with van der Waals surface area (Å²) in [6, 6.07) is 0.614. The molecule has 0 saturated heterocycles. The van der Waals surface area contributed by atoms with Gasteiger partial charge >= 0.3 is 0 Å². The van der Waals surface area contributed by atoms with Gasteiger partial charge in [-0.25, -0.2) is 0 Å². The molecule has 0 aromatic rings. The molecular formula is C15H27ClN2O. The summed E-state index contributed by atoms with van der Waals surface area (Å²) in [5, 5.41) is 3.27. The van der Waals surface area contributed by atoms with Crippen LogP contribution in [0.5, 0.6) is 0 Å². The summed E-state index contributed by atoms with van der Waals surface area (Å²) in [6.45, 7) is 2.21. The van der Waals surface area contributed by atoms with E-state index >= 15 is 0 Å². The lowest BCUT2D eigenvalue weighted by Crippen LogP contribution is -2.42. The number of hydrogen-bond acceptors (Lipinski definition) is 2. The fraction of sp³-hybridized carbons (Fsp3) is 0.933. The van der Waals surface area contributed by atoms with Crippen molar-refractivity contribution in [1.29, 1.82) is 0 Å². The number of halogens is 1. The summed E-state index contributed by atoms with van der Waals surface area (Å²) < 4.78 is 0. The van der Waals surface area contributed by atoms with Gasteiger partial charge in [-0.1, -0.05) is 6.42 Å². The van der Waals surface area contributed by atoms with Crippen LogP contribution in [0.15, 0.2) is 0 Å². The molecule has 1 amide bonds. The highest BCUT2D eigenvalue weighted by atomic mass is 35.5. The van der Waals surface area contributed by atoms with Gasteiger partial charge < -0.3 is 11.1 Å². The molecule has 6 atom stereocenters. The van der Waals surface area contributed by atoms with Crippen molar-refractivity contribution in [3.05, 3.63) is 0 Å². The van der Waals surface area contributed by atoms with Crippen LogP contribution in [-0.2, 0) is 4.79 Å². The molecule has 3 fully saturated rings. The topological polar surface area (TPSA) is 55.1 Å². The number of hydrogen-bond donors (Lipinski definition) is 2. The zero-order valence-corrected chi connectivity index (χ0v) is 12.6. The molecule has 6 unspecified atom stereocenters. The van der Waals surface area contributed by atoms with Crippen molar-refractivity contribution in [3.63, 3.8) is 0 Å². The van der Waals surface area contributed by atoms with Crippen molar-refractivity contribution < 1.29 is 4.79 Å². The Morgan fingerprint density at radius 2 is 1.95 bits per heavy atom. The van der Waals surface area contributed by atoms with E-state index in [0.29, 0.717) is 6.04 Å². The Bertz CT molecular complexity index is 336. The van der Waals surface area contributed by atoms with E-state index in [-0.39, 0.29) is 30.3 Å². The van der Waals surface area contributed by atoms with Gasteiger partial charge in [0.2, 0.25) is 5.91 Å². The van der Waals surface area contributed by atoms with Crippen LogP contribution in [0.1, 0.15) is 51.9 Å². The van der Waals surface area contributed by atoms with E-state index in [1.54, 1.807) is 0 Å². The van der Waals surface area contributed by atoms with E-state index < -0.39 is 0 Å². The highest BCUT2D eigenvalue weighted by Gasteiger charge is 2.42. The van der Waals surface area contributed by atoms with Crippen LogP contribution in [0, 0.1) is 23.7 Å². The lowest BCUT2D eigenvalue weighted by Gasteiger charge is -2.29. The molecule has 3 rings (SSSR count). The summed E-state index contributed by atoms with van der Waals surface area (Å²) >= 11 is 0. The third-order valence-corrected chi connectivity index (χ3v) is 5.65. The third kappa shape index (κ3) is 3.08. The SMILES string of the molecule is CC(NC(=O)C1CCC(N)C1)C1CC2CCC1C2.Cl.